The number of anilines is 1. The first-order valence-corrected chi connectivity index (χ1v) is 6.32. The van der Waals surface area contributed by atoms with Gasteiger partial charge in [0, 0.05) is 17.1 Å². The van der Waals surface area contributed by atoms with Crippen molar-refractivity contribution in [3.63, 3.8) is 0 Å². The Kier molecular flexibility index (Phi) is 1.80. The van der Waals surface area contributed by atoms with Gasteiger partial charge in [0.05, 0.1) is 0 Å². The van der Waals surface area contributed by atoms with Crippen LogP contribution in [0.1, 0.15) is 44.7 Å². The molecule has 0 unspecified atom stereocenters. The highest BCUT2D eigenvalue weighted by atomic mass is 15.0. The smallest absolute Gasteiger partial charge is 0.0407 e. The van der Waals surface area contributed by atoms with Crippen LogP contribution in [0.5, 0.6) is 0 Å². The van der Waals surface area contributed by atoms with E-state index in [4.69, 9.17) is 0 Å². The van der Waals surface area contributed by atoms with E-state index in [0.717, 1.165) is 0 Å². The molecule has 0 spiro atoms. The van der Waals surface area contributed by atoms with Gasteiger partial charge >= 0.3 is 0 Å². The van der Waals surface area contributed by atoms with E-state index in [9.17, 15) is 0 Å². The van der Waals surface area contributed by atoms with E-state index in [-0.39, 0.29) is 0 Å². The van der Waals surface area contributed by atoms with Crippen LogP contribution in [0.4, 0.5) is 5.69 Å². The highest BCUT2D eigenvalue weighted by molar-refractivity contribution is 5.65. The zero-order valence-corrected chi connectivity index (χ0v) is 10.7. The Bertz CT molecular complexity index is 447. The predicted molar refractivity (Wildman–Crippen MR) is 69.0 cm³/mol. The third-order valence-corrected chi connectivity index (χ3v) is 4.85. The van der Waals surface area contributed by atoms with Gasteiger partial charge in [-0.1, -0.05) is 32.9 Å². The molecule has 1 N–H and O–H groups in total. The van der Waals surface area contributed by atoms with Crippen molar-refractivity contribution in [2.45, 2.75) is 52.0 Å². The zero-order chi connectivity index (χ0) is 11.6. The fourth-order valence-electron chi connectivity index (χ4n) is 4.06. The molecular formula is C15H21N. The van der Waals surface area contributed by atoms with Crippen LogP contribution in [0.15, 0.2) is 18.2 Å². The summed E-state index contributed by atoms with van der Waals surface area (Å²) in [5.74, 6) is 0. The summed E-state index contributed by atoms with van der Waals surface area (Å²) in [6.45, 7) is 9.49. The first-order chi connectivity index (χ1) is 7.45. The third kappa shape index (κ3) is 1.07. The first kappa shape index (κ1) is 10.2. The minimum Gasteiger partial charge on any atom is -0.381 e. The van der Waals surface area contributed by atoms with Crippen molar-refractivity contribution in [2.24, 2.45) is 5.41 Å². The molecule has 2 aliphatic rings. The lowest BCUT2D eigenvalue weighted by molar-refractivity contribution is 0.317. The van der Waals surface area contributed by atoms with Crippen molar-refractivity contribution >= 4 is 5.69 Å². The molecule has 0 aromatic heterocycles. The standard InChI is InChI=1S/C15H21N/c1-10-6-5-7-11-12(10)15(4)9-8-14(2,3)13(15)16-11/h5-7,13,16H,8-9H2,1-4H3/t13-,15-/m0/s1. The number of rotatable bonds is 0. The maximum absolute atomic E-state index is 3.77. The van der Waals surface area contributed by atoms with Gasteiger partial charge < -0.3 is 5.32 Å². The summed E-state index contributed by atoms with van der Waals surface area (Å²) < 4.78 is 0. The highest BCUT2D eigenvalue weighted by Gasteiger charge is 2.55. The van der Waals surface area contributed by atoms with E-state index in [1.54, 1.807) is 5.56 Å². The number of fused-ring (bicyclic) bond motifs is 3. The van der Waals surface area contributed by atoms with Crippen LogP contribution in [-0.4, -0.2) is 6.04 Å². The van der Waals surface area contributed by atoms with Gasteiger partial charge in [0.1, 0.15) is 0 Å². The van der Waals surface area contributed by atoms with E-state index in [2.05, 4.69) is 51.2 Å². The third-order valence-electron chi connectivity index (χ3n) is 4.85. The molecule has 1 saturated carbocycles. The van der Waals surface area contributed by atoms with Gasteiger partial charge in [0.2, 0.25) is 0 Å². The molecule has 1 fully saturated rings. The molecule has 0 bridgehead atoms. The summed E-state index contributed by atoms with van der Waals surface area (Å²) in [7, 11) is 0. The Morgan fingerprint density at radius 3 is 2.69 bits per heavy atom. The van der Waals surface area contributed by atoms with Crippen LogP contribution < -0.4 is 5.32 Å². The molecule has 1 aromatic carbocycles. The van der Waals surface area contributed by atoms with Gasteiger partial charge in [-0.25, -0.2) is 0 Å². The molecule has 86 valence electrons. The predicted octanol–water partition coefficient (Wildman–Crippen LogP) is 3.87. The normalized spacial score (nSPS) is 34.4. The molecule has 0 amide bonds. The number of aryl methyl sites for hydroxylation is 1. The van der Waals surface area contributed by atoms with Crippen LogP contribution in [0.25, 0.3) is 0 Å². The summed E-state index contributed by atoms with van der Waals surface area (Å²) >= 11 is 0. The minimum absolute atomic E-state index is 0.351. The summed E-state index contributed by atoms with van der Waals surface area (Å²) in [4.78, 5) is 0. The van der Waals surface area contributed by atoms with Crippen molar-refractivity contribution in [1.29, 1.82) is 0 Å². The van der Waals surface area contributed by atoms with Gasteiger partial charge in [0.15, 0.2) is 0 Å². The summed E-state index contributed by atoms with van der Waals surface area (Å²) in [5.41, 5.74) is 5.17. The second-order valence-electron chi connectivity index (χ2n) is 6.48. The molecule has 1 heterocycles. The average Bonchev–Trinajstić information content (AvgIpc) is 2.62. The zero-order valence-electron chi connectivity index (χ0n) is 10.7. The SMILES string of the molecule is Cc1cccc2c1[C@]1(C)CCC(C)(C)[C@@H]1N2. The molecule has 1 aliphatic heterocycles. The van der Waals surface area contributed by atoms with Gasteiger partial charge in [-0.05, 0) is 42.4 Å². The molecule has 1 aromatic rings. The minimum atomic E-state index is 0.351. The molecule has 2 atom stereocenters. The average molecular weight is 215 g/mol. The van der Waals surface area contributed by atoms with E-state index < -0.39 is 0 Å². The fraction of sp³-hybridized carbons (Fsp3) is 0.600. The number of hydrogen-bond acceptors (Lipinski definition) is 1. The Hall–Kier alpha value is -0.980. The van der Waals surface area contributed by atoms with Crippen LogP contribution in [0.2, 0.25) is 0 Å². The second-order valence-corrected chi connectivity index (χ2v) is 6.48. The highest BCUT2D eigenvalue weighted by Crippen LogP contribution is 2.57. The van der Waals surface area contributed by atoms with Gasteiger partial charge in [-0.15, -0.1) is 0 Å². The summed E-state index contributed by atoms with van der Waals surface area (Å²) in [6.07, 6.45) is 2.64. The Morgan fingerprint density at radius 1 is 1.19 bits per heavy atom. The lowest BCUT2D eigenvalue weighted by atomic mass is 9.74. The van der Waals surface area contributed by atoms with Gasteiger partial charge in [-0.3, -0.25) is 0 Å². The molecule has 3 rings (SSSR count). The van der Waals surface area contributed by atoms with Crippen LogP contribution in [0.3, 0.4) is 0 Å². The largest absolute Gasteiger partial charge is 0.381 e. The van der Waals surface area contributed by atoms with Crippen LogP contribution >= 0.6 is 0 Å². The summed E-state index contributed by atoms with van der Waals surface area (Å²) in [5, 5.41) is 3.77. The van der Waals surface area contributed by atoms with E-state index in [1.165, 1.54) is 24.1 Å². The quantitative estimate of drug-likeness (QED) is 0.693. The van der Waals surface area contributed by atoms with Crippen molar-refractivity contribution < 1.29 is 0 Å². The Balaban J connectivity index is 2.19. The molecule has 0 radical (unpaired) electrons. The summed E-state index contributed by atoms with van der Waals surface area (Å²) in [6, 6.07) is 7.26. The Morgan fingerprint density at radius 2 is 1.94 bits per heavy atom. The molecule has 0 saturated heterocycles. The second kappa shape index (κ2) is 2.82. The number of hydrogen-bond donors (Lipinski definition) is 1. The van der Waals surface area contributed by atoms with Crippen molar-refractivity contribution in [3.8, 4) is 0 Å². The van der Waals surface area contributed by atoms with E-state index in [1.807, 2.05) is 0 Å². The molecular weight excluding hydrogens is 194 g/mol. The number of benzene rings is 1. The Labute approximate surface area is 98.3 Å². The fourth-order valence-corrected chi connectivity index (χ4v) is 4.06. The lowest BCUT2D eigenvalue weighted by Crippen LogP contribution is -2.39. The molecule has 1 aliphatic carbocycles. The van der Waals surface area contributed by atoms with E-state index in [0.29, 0.717) is 16.9 Å². The monoisotopic (exact) mass is 215 g/mol. The lowest BCUT2D eigenvalue weighted by Gasteiger charge is -2.32. The van der Waals surface area contributed by atoms with E-state index >= 15 is 0 Å². The number of nitrogens with one attached hydrogen (secondary N) is 1. The van der Waals surface area contributed by atoms with Crippen molar-refractivity contribution in [3.05, 3.63) is 29.3 Å². The molecule has 16 heavy (non-hydrogen) atoms. The van der Waals surface area contributed by atoms with Crippen LogP contribution in [0, 0.1) is 12.3 Å². The maximum Gasteiger partial charge on any atom is 0.0407 e. The van der Waals surface area contributed by atoms with Crippen LogP contribution in [-0.2, 0) is 5.41 Å². The topological polar surface area (TPSA) is 12.0 Å². The maximum atomic E-state index is 3.77. The van der Waals surface area contributed by atoms with Gasteiger partial charge in [0.25, 0.3) is 0 Å². The van der Waals surface area contributed by atoms with Crippen molar-refractivity contribution in [1.82, 2.24) is 0 Å². The molecule has 1 heteroatoms. The van der Waals surface area contributed by atoms with Crippen molar-refractivity contribution in [2.75, 3.05) is 5.32 Å². The van der Waals surface area contributed by atoms with Gasteiger partial charge in [-0.2, -0.15) is 0 Å². The molecule has 1 nitrogen and oxygen atoms in total. The first-order valence-electron chi connectivity index (χ1n) is 6.32.